The minimum absolute atomic E-state index is 0.247. The van der Waals surface area contributed by atoms with Gasteiger partial charge in [-0.2, -0.15) is 0 Å². The number of hydrogen-bond acceptors (Lipinski definition) is 5. The lowest BCUT2D eigenvalue weighted by molar-refractivity contribution is 0.477. The van der Waals surface area contributed by atoms with E-state index in [1.54, 1.807) is 30.9 Å². The molecule has 1 N–H and O–H groups in total. The number of hydrogen-bond donors (Lipinski definition) is 1. The second-order valence-corrected chi connectivity index (χ2v) is 10.1. The van der Waals surface area contributed by atoms with Gasteiger partial charge in [0.05, 0.1) is 35.2 Å². The molecule has 0 fully saturated rings. The van der Waals surface area contributed by atoms with Gasteiger partial charge < -0.3 is 5.11 Å². The molecule has 0 aliphatic carbocycles. The van der Waals surface area contributed by atoms with Crippen LogP contribution in [-0.2, 0) is 0 Å². The molecular weight excluding hydrogens is 492 g/mol. The van der Waals surface area contributed by atoms with Gasteiger partial charge in [-0.25, -0.2) is 0 Å². The van der Waals surface area contributed by atoms with E-state index in [1.807, 2.05) is 42.5 Å². The van der Waals surface area contributed by atoms with Crippen LogP contribution in [-0.4, -0.2) is 27.5 Å². The molecule has 3 aromatic carbocycles. The summed E-state index contributed by atoms with van der Waals surface area (Å²) in [5.74, 6) is 0.247. The molecule has 2 aromatic heterocycles. The molecule has 0 atom stereocenters. The molecule has 40 heavy (non-hydrogen) atoms. The molecule has 0 saturated heterocycles. The summed E-state index contributed by atoms with van der Waals surface area (Å²) >= 11 is 0. The first-order valence-corrected chi connectivity index (χ1v) is 13.3. The van der Waals surface area contributed by atoms with Crippen LogP contribution in [0.2, 0.25) is 0 Å². The van der Waals surface area contributed by atoms with E-state index in [0.29, 0.717) is 0 Å². The number of nitrogens with zero attached hydrogens (tertiary/aromatic N) is 4. The number of rotatable bonds is 6. The maximum Gasteiger partial charge on any atom is 0.124 e. The number of phenolic OH excluding ortho intramolecular Hbond substituents is 1. The Kier molecular flexibility index (Phi) is 7.65. The van der Waals surface area contributed by atoms with Crippen molar-refractivity contribution in [2.75, 3.05) is 0 Å². The van der Waals surface area contributed by atoms with Crippen LogP contribution in [0.25, 0.3) is 22.3 Å². The normalized spacial score (nSPS) is 11.5. The molecule has 198 valence electrons. The van der Waals surface area contributed by atoms with Crippen molar-refractivity contribution in [2.45, 2.75) is 34.6 Å². The molecule has 0 aliphatic rings. The summed E-state index contributed by atoms with van der Waals surface area (Å²) < 4.78 is 0. The second-order valence-electron chi connectivity index (χ2n) is 10.1. The first-order valence-electron chi connectivity index (χ1n) is 13.3. The van der Waals surface area contributed by atoms with Gasteiger partial charge in [-0.1, -0.05) is 18.2 Å². The van der Waals surface area contributed by atoms with E-state index in [9.17, 15) is 5.11 Å². The first kappa shape index (κ1) is 26.7. The van der Waals surface area contributed by atoms with Gasteiger partial charge in [-0.15, -0.1) is 0 Å². The van der Waals surface area contributed by atoms with Crippen molar-refractivity contribution >= 4 is 23.8 Å². The van der Waals surface area contributed by atoms with Crippen LogP contribution in [0.1, 0.15) is 39.2 Å². The number of aromatic nitrogens is 2. The monoisotopic (exact) mass is 524 g/mol. The van der Waals surface area contributed by atoms with Crippen LogP contribution >= 0.6 is 0 Å². The van der Waals surface area contributed by atoms with Crippen LogP contribution in [0.5, 0.6) is 5.75 Å². The third-order valence-corrected chi connectivity index (χ3v) is 6.98. The van der Waals surface area contributed by atoms with Crippen molar-refractivity contribution in [3.63, 3.8) is 0 Å². The highest BCUT2D eigenvalue weighted by Gasteiger charge is 2.18. The highest BCUT2D eigenvalue weighted by molar-refractivity contribution is 5.92. The maximum absolute atomic E-state index is 11.2. The molecular formula is C35H32N4O. The molecule has 0 saturated carbocycles. The van der Waals surface area contributed by atoms with E-state index < -0.39 is 0 Å². The fourth-order valence-corrected chi connectivity index (χ4v) is 5.13. The second kappa shape index (κ2) is 11.5. The number of phenols is 1. The molecule has 0 aliphatic heterocycles. The third-order valence-electron chi connectivity index (χ3n) is 6.98. The van der Waals surface area contributed by atoms with E-state index in [0.717, 1.165) is 72.8 Å². The Hall–Kier alpha value is -4.90. The number of benzene rings is 3. The van der Waals surface area contributed by atoms with E-state index in [1.165, 1.54) is 0 Å². The highest BCUT2D eigenvalue weighted by atomic mass is 16.3. The molecule has 0 amide bonds. The van der Waals surface area contributed by atoms with Crippen molar-refractivity contribution < 1.29 is 5.11 Å². The van der Waals surface area contributed by atoms with E-state index in [4.69, 9.17) is 9.98 Å². The Bertz CT molecular complexity index is 1560. The van der Waals surface area contributed by atoms with Crippen LogP contribution in [0, 0.1) is 34.6 Å². The fourth-order valence-electron chi connectivity index (χ4n) is 5.13. The topological polar surface area (TPSA) is 70.7 Å². The smallest absolute Gasteiger partial charge is 0.124 e. The van der Waals surface area contributed by atoms with Crippen molar-refractivity contribution in [2.24, 2.45) is 9.98 Å². The van der Waals surface area contributed by atoms with Gasteiger partial charge in [-0.3, -0.25) is 20.0 Å². The molecule has 0 spiro atoms. The lowest BCUT2D eigenvalue weighted by Crippen LogP contribution is -1.94. The van der Waals surface area contributed by atoms with Crippen LogP contribution in [0.15, 0.2) is 95.2 Å². The lowest BCUT2D eigenvalue weighted by Gasteiger charge is -2.19. The highest BCUT2D eigenvalue weighted by Crippen LogP contribution is 2.44. The molecule has 0 bridgehead atoms. The standard InChI is InChI=1S/C35H32N4O/c1-22-12-13-31(40)33(28-18-25(4)35(26(5)19-28)39-21-30-11-7-9-15-37-30)32(22)27-16-23(2)34(24(3)17-27)38-20-29-10-6-8-14-36-29/h6-21,40H,1-5H3. The Morgan fingerprint density at radius 2 is 1.00 bits per heavy atom. The number of aromatic hydroxyl groups is 1. The van der Waals surface area contributed by atoms with E-state index >= 15 is 0 Å². The predicted octanol–water partition coefficient (Wildman–Crippen LogP) is 8.56. The zero-order valence-electron chi connectivity index (χ0n) is 23.5. The molecule has 5 aromatic rings. The predicted molar refractivity (Wildman–Crippen MR) is 166 cm³/mol. The molecule has 5 rings (SSSR count). The SMILES string of the molecule is Cc1cc(-c2c(C)ccc(O)c2-c2cc(C)c(N=Cc3ccccn3)c(C)c2)cc(C)c1N=Cc1ccccn1. The third kappa shape index (κ3) is 5.59. The van der Waals surface area contributed by atoms with Gasteiger partial charge >= 0.3 is 0 Å². The van der Waals surface area contributed by atoms with E-state index in [2.05, 4.69) is 68.9 Å². The van der Waals surface area contributed by atoms with Gasteiger partial charge in [0, 0.05) is 18.0 Å². The largest absolute Gasteiger partial charge is 0.507 e. The summed E-state index contributed by atoms with van der Waals surface area (Å²) in [6.07, 6.45) is 7.10. The van der Waals surface area contributed by atoms with Gasteiger partial charge in [-0.05, 0) is 134 Å². The van der Waals surface area contributed by atoms with Gasteiger partial charge in [0.15, 0.2) is 0 Å². The van der Waals surface area contributed by atoms with Crippen molar-refractivity contribution in [3.8, 4) is 28.0 Å². The number of aryl methyl sites for hydroxylation is 5. The molecule has 2 heterocycles. The Morgan fingerprint density at radius 3 is 1.43 bits per heavy atom. The van der Waals surface area contributed by atoms with Crippen LogP contribution in [0.4, 0.5) is 11.4 Å². The average molecular weight is 525 g/mol. The van der Waals surface area contributed by atoms with E-state index in [-0.39, 0.29) is 5.75 Å². The average Bonchev–Trinajstić information content (AvgIpc) is 2.94. The Labute approximate surface area is 235 Å². The maximum atomic E-state index is 11.2. The molecule has 5 heteroatoms. The van der Waals surface area contributed by atoms with Gasteiger partial charge in [0.1, 0.15) is 5.75 Å². The van der Waals surface area contributed by atoms with Gasteiger partial charge in [0.25, 0.3) is 0 Å². The van der Waals surface area contributed by atoms with Crippen molar-refractivity contribution in [3.05, 3.63) is 124 Å². The first-order chi connectivity index (χ1) is 19.3. The molecule has 0 unspecified atom stereocenters. The molecule has 5 nitrogen and oxygen atoms in total. The van der Waals surface area contributed by atoms with Crippen LogP contribution in [0.3, 0.4) is 0 Å². The summed E-state index contributed by atoms with van der Waals surface area (Å²) in [7, 11) is 0. The number of pyridine rings is 2. The summed E-state index contributed by atoms with van der Waals surface area (Å²) in [5, 5.41) is 11.2. The quantitative estimate of drug-likeness (QED) is 0.226. The zero-order chi connectivity index (χ0) is 28.2. The zero-order valence-corrected chi connectivity index (χ0v) is 23.5. The van der Waals surface area contributed by atoms with Crippen molar-refractivity contribution in [1.29, 1.82) is 0 Å². The Morgan fingerprint density at radius 1 is 0.550 bits per heavy atom. The minimum atomic E-state index is 0.247. The lowest BCUT2D eigenvalue weighted by atomic mass is 9.87. The van der Waals surface area contributed by atoms with Crippen LogP contribution < -0.4 is 0 Å². The van der Waals surface area contributed by atoms with Crippen molar-refractivity contribution in [1.82, 2.24) is 9.97 Å². The molecule has 0 radical (unpaired) electrons. The summed E-state index contributed by atoms with van der Waals surface area (Å²) in [6, 6.07) is 23.8. The Balaban J connectivity index is 1.57. The summed E-state index contributed by atoms with van der Waals surface area (Å²) in [5.41, 5.74) is 12.5. The summed E-state index contributed by atoms with van der Waals surface area (Å²) in [4.78, 5) is 18.2. The summed E-state index contributed by atoms with van der Waals surface area (Å²) in [6.45, 7) is 10.3. The fraction of sp³-hybridized carbons (Fsp3) is 0.143. The minimum Gasteiger partial charge on any atom is -0.507 e. The number of aliphatic imine (C=N–C) groups is 2. The van der Waals surface area contributed by atoms with Gasteiger partial charge in [0.2, 0.25) is 0 Å².